The number of carboxylic acids is 1. The topological polar surface area (TPSA) is 96.9 Å². The lowest BCUT2D eigenvalue weighted by molar-refractivity contribution is -0.141. The number of carbonyl (C=O) groups excluding carboxylic acids is 1. The van der Waals surface area contributed by atoms with E-state index in [2.05, 4.69) is 24.5 Å². The number of ether oxygens (including phenoxy) is 2. The molecule has 0 saturated carbocycles. The smallest absolute Gasteiger partial charge is 0.321 e. The van der Waals surface area contributed by atoms with Gasteiger partial charge in [-0.1, -0.05) is 181 Å². The van der Waals surface area contributed by atoms with Crippen LogP contribution in [0.15, 0.2) is 0 Å². The maximum Gasteiger partial charge on any atom is 0.321 e. The minimum atomic E-state index is -0.991. The van der Waals surface area contributed by atoms with Gasteiger partial charge in [0.15, 0.2) is 0 Å². The summed E-state index contributed by atoms with van der Waals surface area (Å²) in [5.41, 5.74) is 0. The highest BCUT2D eigenvalue weighted by Crippen LogP contribution is 2.14. The van der Waals surface area contributed by atoms with Gasteiger partial charge in [0.2, 0.25) is 5.91 Å². The van der Waals surface area contributed by atoms with Crippen molar-refractivity contribution >= 4 is 11.9 Å². The Hall–Kier alpha value is -1.18. The Labute approximate surface area is 304 Å². The van der Waals surface area contributed by atoms with E-state index in [9.17, 15) is 14.7 Å². The molecule has 1 atom stereocenters. The Bertz CT molecular complexity index is 677. The largest absolute Gasteiger partial charge is 0.480 e. The van der Waals surface area contributed by atoms with Crippen molar-refractivity contribution in [3.8, 4) is 0 Å². The number of carboxylic acid groups (broad SMARTS) is 1. The first-order chi connectivity index (χ1) is 24.1. The zero-order valence-corrected chi connectivity index (χ0v) is 32.8. The first kappa shape index (κ1) is 47.8. The van der Waals surface area contributed by atoms with Crippen LogP contribution in [0, 0.1) is 0 Å². The first-order valence-corrected chi connectivity index (χ1v) is 21.5. The zero-order valence-electron chi connectivity index (χ0n) is 32.8. The monoisotopic (exact) mass is 697 g/mol. The van der Waals surface area contributed by atoms with E-state index in [1.54, 1.807) is 0 Å². The summed E-state index contributed by atoms with van der Waals surface area (Å²) in [5.74, 6) is -1.23. The van der Waals surface area contributed by atoms with Crippen molar-refractivity contribution < 1.29 is 24.2 Å². The van der Waals surface area contributed by atoms with Gasteiger partial charge in [-0.05, 0) is 32.2 Å². The van der Waals surface area contributed by atoms with E-state index in [1.165, 1.54) is 167 Å². The fourth-order valence-electron chi connectivity index (χ4n) is 6.36. The molecule has 7 heteroatoms. The van der Waals surface area contributed by atoms with Gasteiger partial charge in [0.25, 0.3) is 0 Å². The van der Waals surface area contributed by atoms with Crippen LogP contribution in [-0.2, 0) is 19.1 Å². The highest BCUT2D eigenvalue weighted by atomic mass is 16.5. The number of rotatable bonds is 42. The van der Waals surface area contributed by atoms with E-state index in [0.29, 0.717) is 26.3 Å². The van der Waals surface area contributed by atoms with Crippen molar-refractivity contribution in [3.63, 3.8) is 0 Å². The van der Waals surface area contributed by atoms with Gasteiger partial charge in [-0.15, -0.1) is 0 Å². The average molecular weight is 697 g/mol. The van der Waals surface area contributed by atoms with Crippen LogP contribution in [0.4, 0.5) is 0 Å². The molecule has 292 valence electrons. The quantitative estimate of drug-likeness (QED) is 0.0550. The normalized spacial score (nSPS) is 12.0. The Morgan fingerprint density at radius 2 is 0.755 bits per heavy atom. The molecular weight excluding hydrogens is 612 g/mol. The van der Waals surface area contributed by atoms with Gasteiger partial charge < -0.3 is 25.2 Å². The molecule has 0 rings (SSSR count). The summed E-state index contributed by atoms with van der Waals surface area (Å²) >= 11 is 0. The molecule has 0 bridgehead atoms. The highest BCUT2D eigenvalue weighted by molar-refractivity contribution is 5.84. The van der Waals surface area contributed by atoms with E-state index in [4.69, 9.17) is 9.47 Å². The fourth-order valence-corrected chi connectivity index (χ4v) is 6.36. The van der Waals surface area contributed by atoms with Crippen LogP contribution >= 0.6 is 0 Å². The number of hydrogen-bond acceptors (Lipinski definition) is 5. The Balaban J connectivity index is 3.45. The number of aliphatic carboxylic acids is 1. The van der Waals surface area contributed by atoms with Crippen molar-refractivity contribution in [2.24, 2.45) is 0 Å². The minimum absolute atomic E-state index is 0.0604. The number of amides is 1. The molecular formula is C42H84N2O5. The third-order valence-electron chi connectivity index (χ3n) is 9.62. The van der Waals surface area contributed by atoms with E-state index in [0.717, 1.165) is 38.9 Å². The lowest BCUT2D eigenvalue weighted by Gasteiger charge is -2.14. The molecule has 0 aliphatic carbocycles. The molecule has 0 spiro atoms. The van der Waals surface area contributed by atoms with Crippen LogP contribution < -0.4 is 10.6 Å². The second-order valence-electron chi connectivity index (χ2n) is 14.5. The molecule has 1 amide bonds. The number of hydrogen-bond donors (Lipinski definition) is 3. The second-order valence-corrected chi connectivity index (χ2v) is 14.5. The lowest BCUT2D eigenvalue weighted by atomic mass is 10.0. The SMILES string of the molecule is CCCCCCCCCCCCCCCCOCCCNC(=O)C[C@H](NCCCOCCCCCCCCCCCCCCCC)C(=O)O. The number of unbranched alkanes of at least 4 members (excludes halogenated alkanes) is 26. The molecule has 7 nitrogen and oxygen atoms in total. The van der Waals surface area contributed by atoms with Crippen LogP contribution in [0.5, 0.6) is 0 Å². The van der Waals surface area contributed by atoms with E-state index < -0.39 is 12.0 Å². The lowest BCUT2D eigenvalue weighted by Crippen LogP contribution is -2.42. The van der Waals surface area contributed by atoms with Gasteiger partial charge >= 0.3 is 5.97 Å². The third kappa shape index (κ3) is 39.5. The molecule has 0 unspecified atom stereocenters. The van der Waals surface area contributed by atoms with Crippen LogP contribution in [0.1, 0.15) is 213 Å². The van der Waals surface area contributed by atoms with Gasteiger partial charge in [0, 0.05) is 33.0 Å². The van der Waals surface area contributed by atoms with Crippen molar-refractivity contribution in [2.45, 2.75) is 219 Å². The summed E-state index contributed by atoms with van der Waals surface area (Å²) < 4.78 is 11.5. The van der Waals surface area contributed by atoms with Gasteiger partial charge in [-0.3, -0.25) is 9.59 Å². The standard InChI is InChI=1S/C42H84N2O5/c1-3-5-7-9-11-13-15-17-19-21-23-25-27-29-35-48-37-31-33-43-40(42(46)47)39-41(45)44-34-32-38-49-36-30-28-26-24-22-20-18-16-14-12-10-8-6-4-2/h40,43H,3-39H2,1-2H3,(H,44,45)(H,46,47)/t40-/m0/s1. The molecule has 0 aliphatic rings. The summed E-state index contributed by atoms with van der Waals surface area (Å²) in [4.78, 5) is 23.9. The molecule has 0 heterocycles. The summed E-state index contributed by atoms with van der Waals surface area (Å²) in [6.45, 7) is 8.37. The molecule has 0 fully saturated rings. The molecule has 0 aromatic rings. The number of nitrogens with one attached hydrogen (secondary N) is 2. The average Bonchev–Trinajstić information content (AvgIpc) is 3.09. The van der Waals surface area contributed by atoms with E-state index >= 15 is 0 Å². The summed E-state index contributed by atoms with van der Waals surface area (Å²) in [5, 5.41) is 15.4. The zero-order chi connectivity index (χ0) is 35.7. The molecule has 49 heavy (non-hydrogen) atoms. The first-order valence-electron chi connectivity index (χ1n) is 21.5. The summed E-state index contributed by atoms with van der Waals surface area (Å²) in [7, 11) is 0. The fraction of sp³-hybridized carbons (Fsp3) is 0.952. The van der Waals surface area contributed by atoms with Crippen molar-refractivity contribution in [2.75, 3.05) is 39.5 Å². The predicted molar refractivity (Wildman–Crippen MR) is 209 cm³/mol. The molecule has 0 aromatic carbocycles. The van der Waals surface area contributed by atoms with Crippen LogP contribution in [0.25, 0.3) is 0 Å². The predicted octanol–water partition coefficient (Wildman–Crippen LogP) is 11.3. The second kappa shape index (κ2) is 41.2. The molecule has 0 saturated heterocycles. The molecule has 0 aromatic heterocycles. The Morgan fingerprint density at radius 3 is 1.10 bits per heavy atom. The molecule has 0 aliphatic heterocycles. The van der Waals surface area contributed by atoms with Crippen LogP contribution in [0.3, 0.4) is 0 Å². The maximum atomic E-state index is 12.3. The van der Waals surface area contributed by atoms with Crippen LogP contribution in [-0.4, -0.2) is 62.5 Å². The maximum absolute atomic E-state index is 12.3. The van der Waals surface area contributed by atoms with Crippen molar-refractivity contribution in [1.82, 2.24) is 10.6 Å². The summed E-state index contributed by atoms with van der Waals surface area (Å²) in [6.07, 6.45) is 39.2. The summed E-state index contributed by atoms with van der Waals surface area (Å²) in [6, 6.07) is -0.873. The molecule has 0 radical (unpaired) electrons. The third-order valence-corrected chi connectivity index (χ3v) is 9.62. The van der Waals surface area contributed by atoms with Gasteiger partial charge in [0.05, 0.1) is 6.42 Å². The van der Waals surface area contributed by atoms with Crippen molar-refractivity contribution in [3.05, 3.63) is 0 Å². The minimum Gasteiger partial charge on any atom is -0.480 e. The van der Waals surface area contributed by atoms with Gasteiger partial charge in [0.1, 0.15) is 6.04 Å². The Kier molecular flexibility index (Phi) is 40.2. The van der Waals surface area contributed by atoms with Gasteiger partial charge in [-0.25, -0.2) is 0 Å². The highest BCUT2D eigenvalue weighted by Gasteiger charge is 2.20. The Morgan fingerprint density at radius 1 is 0.449 bits per heavy atom. The van der Waals surface area contributed by atoms with E-state index in [1.807, 2.05) is 0 Å². The molecule has 3 N–H and O–H groups in total. The van der Waals surface area contributed by atoms with Crippen LogP contribution in [0.2, 0.25) is 0 Å². The number of carbonyl (C=O) groups is 2. The van der Waals surface area contributed by atoms with Gasteiger partial charge in [-0.2, -0.15) is 0 Å². The van der Waals surface area contributed by atoms with E-state index in [-0.39, 0.29) is 12.3 Å². The van der Waals surface area contributed by atoms with Crippen molar-refractivity contribution in [1.29, 1.82) is 0 Å².